The zero-order valence-electron chi connectivity index (χ0n) is 17.7. The first-order chi connectivity index (χ1) is 14.0. The minimum atomic E-state index is -0.562. The van der Waals surface area contributed by atoms with Gasteiger partial charge in [-0.3, -0.25) is 4.79 Å². The number of carbonyl (C=O) groups excluding carboxylic acids is 1. The van der Waals surface area contributed by atoms with Gasteiger partial charge in [-0.15, -0.1) is 0 Å². The van der Waals surface area contributed by atoms with E-state index in [9.17, 15) is 9.90 Å². The molecule has 0 amide bonds. The first kappa shape index (κ1) is 21.1. The van der Waals surface area contributed by atoms with Gasteiger partial charge in [0.1, 0.15) is 5.75 Å². The number of aromatic nitrogens is 1. The number of likely N-dealkylation sites (N-methyl/N-ethyl adjacent to an activating group) is 1. The minimum absolute atomic E-state index is 0.0450. The third kappa shape index (κ3) is 4.36. The van der Waals surface area contributed by atoms with Crippen LogP contribution in [0.1, 0.15) is 35.5 Å². The highest BCUT2D eigenvalue weighted by atomic mass is 16.5. The van der Waals surface area contributed by atoms with Crippen LogP contribution >= 0.6 is 0 Å². The van der Waals surface area contributed by atoms with Crippen molar-refractivity contribution >= 4 is 16.7 Å². The van der Waals surface area contributed by atoms with Gasteiger partial charge in [0, 0.05) is 23.0 Å². The highest BCUT2D eigenvalue weighted by molar-refractivity contribution is 6.12. The SMILES string of the molecule is CCN(CC)CC(O)Cn1c(C(=O)c2ccc(OC)cc2)c(C)c2ccccc21. The van der Waals surface area contributed by atoms with Crippen LogP contribution in [-0.4, -0.2) is 53.2 Å². The number of ketones is 1. The Morgan fingerprint density at radius 2 is 1.76 bits per heavy atom. The number of aryl methyl sites for hydroxylation is 1. The summed E-state index contributed by atoms with van der Waals surface area (Å²) in [6, 6.07) is 15.2. The van der Waals surface area contributed by atoms with Crippen LogP contribution in [0.25, 0.3) is 10.9 Å². The number of ether oxygens (including phenoxy) is 1. The van der Waals surface area contributed by atoms with E-state index in [0.717, 1.165) is 29.6 Å². The quantitative estimate of drug-likeness (QED) is 0.560. The number of carbonyl (C=O) groups is 1. The van der Waals surface area contributed by atoms with E-state index in [2.05, 4.69) is 18.7 Å². The maximum absolute atomic E-state index is 13.4. The van der Waals surface area contributed by atoms with Gasteiger partial charge in [0.25, 0.3) is 0 Å². The molecule has 1 atom stereocenters. The van der Waals surface area contributed by atoms with Gasteiger partial charge >= 0.3 is 0 Å². The predicted octanol–water partition coefficient (Wildman–Crippen LogP) is 3.89. The molecule has 1 N–H and O–H groups in total. The van der Waals surface area contributed by atoms with E-state index < -0.39 is 6.10 Å². The summed E-state index contributed by atoms with van der Waals surface area (Å²) in [5.74, 6) is 0.671. The molecule has 154 valence electrons. The number of aliphatic hydroxyl groups is 1. The van der Waals surface area contributed by atoms with Crippen LogP contribution in [-0.2, 0) is 6.54 Å². The summed E-state index contributed by atoms with van der Waals surface area (Å²) in [6.07, 6.45) is -0.562. The zero-order valence-corrected chi connectivity index (χ0v) is 17.7. The first-order valence-electron chi connectivity index (χ1n) is 10.2. The van der Waals surface area contributed by atoms with Crippen molar-refractivity contribution in [1.29, 1.82) is 0 Å². The average Bonchev–Trinajstić information content (AvgIpc) is 3.03. The van der Waals surface area contributed by atoms with E-state index in [0.29, 0.717) is 30.1 Å². The van der Waals surface area contributed by atoms with Crippen molar-refractivity contribution in [3.63, 3.8) is 0 Å². The fraction of sp³-hybridized carbons (Fsp3) is 0.375. The van der Waals surface area contributed by atoms with Gasteiger partial charge in [0.15, 0.2) is 0 Å². The molecule has 5 nitrogen and oxygen atoms in total. The van der Waals surface area contributed by atoms with Crippen molar-refractivity contribution < 1.29 is 14.6 Å². The molecule has 3 aromatic rings. The van der Waals surface area contributed by atoms with Crippen molar-refractivity contribution in [3.05, 3.63) is 65.4 Å². The lowest BCUT2D eigenvalue weighted by molar-refractivity contribution is 0.0975. The van der Waals surface area contributed by atoms with Crippen molar-refractivity contribution in [1.82, 2.24) is 9.47 Å². The normalized spacial score (nSPS) is 12.5. The second kappa shape index (κ2) is 9.25. The monoisotopic (exact) mass is 394 g/mol. The van der Waals surface area contributed by atoms with E-state index in [4.69, 9.17) is 4.74 Å². The van der Waals surface area contributed by atoms with Crippen LogP contribution in [0.15, 0.2) is 48.5 Å². The van der Waals surface area contributed by atoms with Crippen molar-refractivity contribution in [2.24, 2.45) is 0 Å². The molecule has 0 aliphatic rings. The maximum Gasteiger partial charge on any atom is 0.209 e. The van der Waals surface area contributed by atoms with Crippen molar-refractivity contribution in [2.45, 2.75) is 33.4 Å². The molecule has 0 aliphatic carbocycles. The molecular weight excluding hydrogens is 364 g/mol. The van der Waals surface area contributed by atoms with E-state index in [-0.39, 0.29) is 5.78 Å². The lowest BCUT2D eigenvalue weighted by Gasteiger charge is -2.23. The van der Waals surface area contributed by atoms with E-state index in [1.165, 1.54) is 0 Å². The molecule has 2 aromatic carbocycles. The summed E-state index contributed by atoms with van der Waals surface area (Å²) < 4.78 is 7.18. The Morgan fingerprint density at radius 1 is 1.10 bits per heavy atom. The molecule has 0 aliphatic heterocycles. The van der Waals surface area contributed by atoms with Gasteiger partial charge in [-0.1, -0.05) is 32.0 Å². The number of aliphatic hydroxyl groups excluding tert-OH is 1. The number of hydrogen-bond acceptors (Lipinski definition) is 4. The Kier molecular flexibility index (Phi) is 6.72. The van der Waals surface area contributed by atoms with Crippen LogP contribution in [0.4, 0.5) is 0 Å². The number of fused-ring (bicyclic) bond motifs is 1. The first-order valence-corrected chi connectivity index (χ1v) is 10.2. The van der Waals surface area contributed by atoms with Gasteiger partial charge in [-0.05, 0) is 55.9 Å². The number of methoxy groups -OCH3 is 1. The Morgan fingerprint density at radius 3 is 2.38 bits per heavy atom. The molecule has 0 bridgehead atoms. The molecular formula is C24H30N2O3. The topological polar surface area (TPSA) is 54.7 Å². The van der Waals surface area contributed by atoms with Gasteiger partial charge in [-0.2, -0.15) is 0 Å². The zero-order chi connectivity index (χ0) is 21.0. The lowest BCUT2D eigenvalue weighted by atomic mass is 10.0. The highest BCUT2D eigenvalue weighted by Crippen LogP contribution is 2.28. The van der Waals surface area contributed by atoms with E-state index in [1.807, 2.05) is 35.8 Å². The fourth-order valence-electron chi connectivity index (χ4n) is 3.89. The lowest BCUT2D eigenvalue weighted by Crippen LogP contribution is -2.35. The maximum atomic E-state index is 13.4. The van der Waals surface area contributed by atoms with Crippen molar-refractivity contribution in [3.8, 4) is 5.75 Å². The smallest absolute Gasteiger partial charge is 0.209 e. The molecule has 0 fully saturated rings. The molecule has 1 heterocycles. The molecule has 0 radical (unpaired) electrons. The number of nitrogens with zero attached hydrogens (tertiary/aromatic N) is 2. The second-order valence-electron chi connectivity index (χ2n) is 7.30. The minimum Gasteiger partial charge on any atom is -0.497 e. The predicted molar refractivity (Wildman–Crippen MR) is 117 cm³/mol. The average molecular weight is 395 g/mol. The standard InChI is InChI=1S/C24H30N2O3/c1-5-25(6-2)15-19(27)16-26-22-10-8-7-9-21(22)17(3)23(26)24(28)18-11-13-20(29-4)14-12-18/h7-14,19,27H,5-6,15-16H2,1-4H3. The largest absolute Gasteiger partial charge is 0.497 e. The molecule has 5 heteroatoms. The van der Waals surface area contributed by atoms with Crippen LogP contribution < -0.4 is 4.74 Å². The van der Waals surface area contributed by atoms with Crippen LogP contribution in [0.2, 0.25) is 0 Å². The van der Waals surface area contributed by atoms with Crippen LogP contribution in [0, 0.1) is 6.92 Å². The number of rotatable bonds is 9. The Hall–Kier alpha value is -2.63. The molecule has 1 unspecified atom stereocenters. The van der Waals surface area contributed by atoms with Gasteiger partial charge < -0.3 is 19.3 Å². The third-order valence-corrected chi connectivity index (χ3v) is 5.55. The number of hydrogen-bond donors (Lipinski definition) is 1. The van der Waals surface area contributed by atoms with Crippen LogP contribution in [0.3, 0.4) is 0 Å². The molecule has 3 rings (SSSR count). The second-order valence-corrected chi connectivity index (χ2v) is 7.30. The van der Waals surface area contributed by atoms with E-state index in [1.54, 1.807) is 31.4 Å². The van der Waals surface area contributed by atoms with Gasteiger partial charge in [0.05, 0.1) is 25.5 Å². The molecule has 0 spiro atoms. The Balaban J connectivity index is 2.02. The van der Waals surface area contributed by atoms with E-state index >= 15 is 0 Å². The fourth-order valence-corrected chi connectivity index (χ4v) is 3.89. The summed E-state index contributed by atoms with van der Waals surface area (Å²) in [7, 11) is 1.61. The number of para-hydroxylation sites is 1. The summed E-state index contributed by atoms with van der Waals surface area (Å²) in [6.45, 7) is 8.88. The Labute approximate surface area is 172 Å². The number of benzene rings is 2. The molecule has 1 aromatic heterocycles. The summed E-state index contributed by atoms with van der Waals surface area (Å²) in [5, 5.41) is 11.8. The van der Waals surface area contributed by atoms with Gasteiger partial charge in [-0.25, -0.2) is 0 Å². The summed E-state index contributed by atoms with van der Waals surface area (Å²) in [4.78, 5) is 15.6. The van der Waals surface area contributed by atoms with Crippen molar-refractivity contribution in [2.75, 3.05) is 26.7 Å². The summed E-state index contributed by atoms with van der Waals surface area (Å²) in [5.41, 5.74) is 3.16. The molecule has 29 heavy (non-hydrogen) atoms. The third-order valence-electron chi connectivity index (χ3n) is 5.55. The van der Waals surface area contributed by atoms with Crippen LogP contribution in [0.5, 0.6) is 5.75 Å². The molecule has 0 saturated heterocycles. The highest BCUT2D eigenvalue weighted by Gasteiger charge is 2.23. The van der Waals surface area contributed by atoms with Gasteiger partial charge in [0.2, 0.25) is 5.78 Å². The summed E-state index contributed by atoms with van der Waals surface area (Å²) >= 11 is 0. The molecule has 0 saturated carbocycles. The Bertz CT molecular complexity index is 972.